The molecule has 3 aromatic rings. The van der Waals surface area contributed by atoms with Crippen LogP contribution in [0.15, 0.2) is 53.3 Å². The monoisotopic (exact) mass is 383 g/mol. The smallest absolute Gasteiger partial charge is 0.261 e. The van der Waals surface area contributed by atoms with E-state index in [1.54, 1.807) is 51.5 Å². The van der Waals surface area contributed by atoms with Crippen molar-refractivity contribution in [1.29, 1.82) is 0 Å². The first-order valence-corrected chi connectivity index (χ1v) is 8.62. The third-order valence-electron chi connectivity index (χ3n) is 4.06. The standard InChI is InChI=1S/C20H21N3O5/c1-13(28-16-7-5-15(6-8-16)20-23-22-12-27-20)19(24)21-11-14-4-9-17(25-2)18(10-14)26-3/h4-10,12-13H,11H2,1-3H3,(H,21,24)/t13-/m1/s1. The van der Waals surface area contributed by atoms with Gasteiger partial charge in [0.05, 0.1) is 14.2 Å². The Labute approximate surface area is 162 Å². The van der Waals surface area contributed by atoms with Crippen LogP contribution in [0.1, 0.15) is 12.5 Å². The normalized spacial score (nSPS) is 11.5. The molecule has 0 radical (unpaired) electrons. The molecule has 0 fully saturated rings. The van der Waals surface area contributed by atoms with Gasteiger partial charge in [-0.2, -0.15) is 0 Å². The first-order chi connectivity index (χ1) is 13.6. The number of aromatic nitrogens is 2. The molecule has 1 N–H and O–H groups in total. The molecule has 0 aliphatic carbocycles. The number of ether oxygens (including phenoxy) is 3. The Kier molecular flexibility index (Phi) is 6.11. The summed E-state index contributed by atoms with van der Waals surface area (Å²) in [6, 6.07) is 12.6. The van der Waals surface area contributed by atoms with Gasteiger partial charge in [-0.05, 0) is 48.9 Å². The third-order valence-corrected chi connectivity index (χ3v) is 4.06. The van der Waals surface area contributed by atoms with E-state index in [1.165, 1.54) is 6.39 Å². The summed E-state index contributed by atoms with van der Waals surface area (Å²) in [7, 11) is 3.15. The fourth-order valence-electron chi connectivity index (χ4n) is 2.56. The predicted octanol–water partition coefficient (Wildman–Crippen LogP) is 2.84. The van der Waals surface area contributed by atoms with Crippen molar-refractivity contribution in [2.75, 3.05) is 14.2 Å². The number of hydrogen-bond acceptors (Lipinski definition) is 7. The minimum absolute atomic E-state index is 0.226. The number of benzene rings is 2. The third kappa shape index (κ3) is 4.59. The molecule has 0 aliphatic rings. The van der Waals surface area contributed by atoms with E-state index in [9.17, 15) is 4.79 Å². The number of hydrogen-bond donors (Lipinski definition) is 1. The Hall–Kier alpha value is -3.55. The van der Waals surface area contributed by atoms with Crippen molar-refractivity contribution in [3.05, 3.63) is 54.4 Å². The van der Waals surface area contributed by atoms with Gasteiger partial charge in [0.25, 0.3) is 5.91 Å². The van der Waals surface area contributed by atoms with Gasteiger partial charge in [0.15, 0.2) is 17.6 Å². The average molecular weight is 383 g/mol. The maximum absolute atomic E-state index is 12.3. The van der Waals surface area contributed by atoms with Crippen molar-refractivity contribution in [3.8, 4) is 28.7 Å². The Bertz CT molecular complexity index is 910. The maximum Gasteiger partial charge on any atom is 0.261 e. The molecule has 1 aromatic heterocycles. The molecular weight excluding hydrogens is 362 g/mol. The molecule has 1 heterocycles. The van der Waals surface area contributed by atoms with Crippen LogP contribution >= 0.6 is 0 Å². The number of nitrogens with zero attached hydrogens (tertiary/aromatic N) is 2. The van der Waals surface area contributed by atoms with Crippen molar-refractivity contribution in [2.24, 2.45) is 0 Å². The summed E-state index contributed by atoms with van der Waals surface area (Å²) >= 11 is 0. The van der Waals surface area contributed by atoms with E-state index in [0.29, 0.717) is 29.7 Å². The van der Waals surface area contributed by atoms with Gasteiger partial charge in [-0.3, -0.25) is 4.79 Å². The first-order valence-electron chi connectivity index (χ1n) is 8.62. The summed E-state index contributed by atoms with van der Waals surface area (Å²) in [6.07, 6.45) is 0.610. The molecular formula is C20H21N3O5. The largest absolute Gasteiger partial charge is 0.493 e. The second kappa shape index (κ2) is 8.90. The van der Waals surface area contributed by atoms with Gasteiger partial charge in [-0.1, -0.05) is 6.07 Å². The van der Waals surface area contributed by atoms with Gasteiger partial charge in [0, 0.05) is 12.1 Å². The summed E-state index contributed by atoms with van der Waals surface area (Å²) in [5.41, 5.74) is 1.66. The molecule has 0 saturated carbocycles. The zero-order chi connectivity index (χ0) is 19.9. The van der Waals surface area contributed by atoms with Crippen LogP contribution in [0.5, 0.6) is 17.2 Å². The summed E-state index contributed by atoms with van der Waals surface area (Å²) in [5.74, 6) is 2.01. The van der Waals surface area contributed by atoms with E-state index < -0.39 is 6.10 Å². The van der Waals surface area contributed by atoms with E-state index >= 15 is 0 Å². The minimum atomic E-state index is -0.658. The molecule has 146 valence electrons. The second-order valence-corrected chi connectivity index (χ2v) is 5.94. The fourth-order valence-corrected chi connectivity index (χ4v) is 2.56. The van der Waals surface area contributed by atoms with Crippen LogP contribution in [0.2, 0.25) is 0 Å². The number of amides is 1. The van der Waals surface area contributed by atoms with Crippen LogP contribution < -0.4 is 19.5 Å². The maximum atomic E-state index is 12.3. The van der Waals surface area contributed by atoms with Crippen LogP contribution in [-0.4, -0.2) is 36.4 Å². The SMILES string of the molecule is COc1ccc(CNC(=O)[C@@H](C)Oc2ccc(-c3nnco3)cc2)cc1OC. The molecule has 0 unspecified atom stereocenters. The lowest BCUT2D eigenvalue weighted by molar-refractivity contribution is -0.127. The lowest BCUT2D eigenvalue weighted by Gasteiger charge is -2.15. The summed E-state index contributed by atoms with van der Waals surface area (Å²) in [4.78, 5) is 12.3. The van der Waals surface area contributed by atoms with Crippen molar-refractivity contribution < 1.29 is 23.4 Å². The lowest BCUT2D eigenvalue weighted by atomic mass is 10.2. The molecule has 0 saturated heterocycles. The zero-order valence-electron chi connectivity index (χ0n) is 15.8. The van der Waals surface area contributed by atoms with E-state index in [2.05, 4.69) is 15.5 Å². The summed E-state index contributed by atoms with van der Waals surface area (Å²) < 4.78 is 21.3. The van der Waals surface area contributed by atoms with Gasteiger partial charge in [0.2, 0.25) is 12.3 Å². The Balaban J connectivity index is 1.54. The second-order valence-electron chi connectivity index (χ2n) is 5.94. The van der Waals surface area contributed by atoms with Crippen molar-refractivity contribution in [3.63, 3.8) is 0 Å². The molecule has 0 spiro atoms. The van der Waals surface area contributed by atoms with E-state index in [4.69, 9.17) is 18.6 Å². The fraction of sp³-hybridized carbons (Fsp3) is 0.250. The Morgan fingerprint density at radius 2 is 1.86 bits per heavy atom. The highest BCUT2D eigenvalue weighted by molar-refractivity contribution is 5.80. The van der Waals surface area contributed by atoms with Gasteiger partial charge in [0.1, 0.15) is 5.75 Å². The van der Waals surface area contributed by atoms with Crippen molar-refractivity contribution in [1.82, 2.24) is 15.5 Å². The number of carbonyl (C=O) groups is 1. The van der Waals surface area contributed by atoms with Gasteiger partial charge in [-0.25, -0.2) is 0 Å². The van der Waals surface area contributed by atoms with Crippen LogP contribution in [0.4, 0.5) is 0 Å². The molecule has 28 heavy (non-hydrogen) atoms. The molecule has 2 aromatic carbocycles. The summed E-state index contributed by atoms with van der Waals surface area (Å²) in [5, 5.41) is 10.3. The van der Waals surface area contributed by atoms with E-state index in [-0.39, 0.29) is 5.91 Å². The number of nitrogens with one attached hydrogen (secondary N) is 1. The van der Waals surface area contributed by atoms with Crippen molar-refractivity contribution in [2.45, 2.75) is 19.6 Å². The van der Waals surface area contributed by atoms with E-state index in [1.807, 2.05) is 12.1 Å². The zero-order valence-corrected chi connectivity index (χ0v) is 15.8. The van der Waals surface area contributed by atoms with Crippen LogP contribution in [-0.2, 0) is 11.3 Å². The molecule has 8 nitrogen and oxygen atoms in total. The van der Waals surface area contributed by atoms with Crippen molar-refractivity contribution >= 4 is 5.91 Å². The summed E-state index contributed by atoms with van der Waals surface area (Å²) in [6.45, 7) is 2.04. The van der Waals surface area contributed by atoms with Crippen LogP contribution in [0, 0.1) is 0 Å². The molecule has 3 rings (SSSR count). The average Bonchev–Trinajstić information content (AvgIpc) is 3.27. The van der Waals surface area contributed by atoms with Crippen LogP contribution in [0.25, 0.3) is 11.5 Å². The topological polar surface area (TPSA) is 95.7 Å². The predicted molar refractivity (Wildman–Crippen MR) is 101 cm³/mol. The minimum Gasteiger partial charge on any atom is -0.493 e. The molecule has 0 bridgehead atoms. The number of methoxy groups -OCH3 is 2. The Morgan fingerprint density at radius 3 is 2.50 bits per heavy atom. The van der Waals surface area contributed by atoms with Gasteiger partial charge < -0.3 is 23.9 Å². The lowest BCUT2D eigenvalue weighted by Crippen LogP contribution is -2.35. The van der Waals surface area contributed by atoms with Gasteiger partial charge in [-0.15, -0.1) is 10.2 Å². The number of rotatable bonds is 8. The first kappa shape index (κ1) is 19.2. The quantitative estimate of drug-likeness (QED) is 0.639. The van der Waals surface area contributed by atoms with E-state index in [0.717, 1.165) is 11.1 Å². The highest BCUT2D eigenvalue weighted by Crippen LogP contribution is 2.27. The molecule has 8 heteroatoms. The number of carbonyl (C=O) groups excluding carboxylic acids is 1. The molecule has 1 amide bonds. The molecule has 0 aliphatic heterocycles. The highest BCUT2D eigenvalue weighted by Gasteiger charge is 2.15. The van der Waals surface area contributed by atoms with Crippen LogP contribution in [0.3, 0.4) is 0 Å². The molecule has 1 atom stereocenters. The van der Waals surface area contributed by atoms with Gasteiger partial charge >= 0.3 is 0 Å². The highest BCUT2D eigenvalue weighted by atomic mass is 16.5. The Morgan fingerprint density at radius 1 is 1.11 bits per heavy atom.